The molecule has 1 aliphatic rings. The van der Waals surface area contributed by atoms with Crippen molar-refractivity contribution in [2.24, 2.45) is 0 Å². The molecule has 2 aromatic rings. The Hall–Kier alpha value is -0.800. The Bertz CT molecular complexity index is 529. The maximum absolute atomic E-state index is 6.06. The van der Waals surface area contributed by atoms with Crippen molar-refractivity contribution < 1.29 is 0 Å². The minimum Gasteiger partial charge on any atom is -0.216 e. The van der Waals surface area contributed by atoms with Crippen LogP contribution in [-0.4, -0.2) is 14.6 Å². The summed E-state index contributed by atoms with van der Waals surface area (Å²) in [4.78, 5) is 4.32. The summed E-state index contributed by atoms with van der Waals surface area (Å²) < 4.78 is 1.65. The molecule has 0 aromatic carbocycles. The molecular formula is C11H11Cl2N3. The van der Waals surface area contributed by atoms with Gasteiger partial charge in [-0.1, -0.05) is 36.0 Å². The van der Waals surface area contributed by atoms with Crippen LogP contribution in [0, 0.1) is 0 Å². The molecule has 3 nitrogen and oxygen atoms in total. The number of nitrogens with zero attached hydrogens (tertiary/aromatic N) is 3. The van der Waals surface area contributed by atoms with E-state index in [9.17, 15) is 0 Å². The quantitative estimate of drug-likeness (QED) is 0.728. The molecule has 2 heterocycles. The zero-order chi connectivity index (χ0) is 11.1. The number of hydrogen-bond donors (Lipinski definition) is 0. The van der Waals surface area contributed by atoms with Crippen LogP contribution in [0.25, 0.3) is 5.65 Å². The summed E-state index contributed by atoms with van der Waals surface area (Å²) in [6, 6.07) is 1.61. The SMILES string of the molecule is Clc1cc(Cl)n2ncc(C3CCCC3)c2n1. The third-order valence-electron chi connectivity index (χ3n) is 3.22. The molecule has 1 fully saturated rings. The first-order valence-electron chi connectivity index (χ1n) is 5.45. The number of halogens is 2. The Morgan fingerprint density at radius 3 is 2.75 bits per heavy atom. The summed E-state index contributed by atoms with van der Waals surface area (Å²) in [6.45, 7) is 0. The van der Waals surface area contributed by atoms with Gasteiger partial charge in [-0.3, -0.25) is 0 Å². The van der Waals surface area contributed by atoms with E-state index in [-0.39, 0.29) is 0 Å². The molecule has 0 atom stereocenters. The first-order valence-corrected chi connectivity index (χ1v) is 6.21. The first-order chi connectivity index (χ1) is 7.75. The van der Waals surface area contributed by atoms with Gasteiger partial charge in [0, 0.05) is 11.6 Å². The van der Waals surface area contributed by atoms with E-state index in [4.69, 9.17) is 23.2 Å². The number of fused-ring (bicyclic) bond motifs is 1. The van der Waals surface area contributed by atoms with Gasteiger partial charge in [-0.15, -0.1) is 0 Å². The van der Waals surface area contributed by atoms with E-state index >= 15 is 0 Å². The molecule has 0 N–H and O–H groups in total. The molecule has 5 heteroatoms. The molecule has 3 rings (SSSR count). The first kappa shape index (κ1) is 10.4. The van der Waals surface area contributed by atoms with Crippen molar-refractivity contribution in [2.75, 3.05) is 0 Å². The zero-order valence-corrected chi connectivity index (χ0v) is 10.2. The van der Waals surface area contributed by atoms with E-state index in [1.54, 1.807) is 10.6 Å². The fourth-order valence-corrected chi connectivity index (χ4v) is 2.91. The van der Waals surface area contributed by atoms with Gasteiger partial charge in [0.05, 0.1) is 6.20 Å². The van der Waals surface area contributed by atoms with Crippen LogP contribution < -0.4 is 0 Å². The van der Waals surface area contributed by atoms with Crippen LogP contribution in [0.15, 0.2) is 12.3 Å². The van der Waals surface area contributed by atoms with Crippen LogP contribution in [0.3, 0.4) is 0 Å². The van der Waals surface area contributed by atoms with E-state index in [0.29, 0.717) is 16.2 Å². The molecule has 0 radical (unpaired) electrons. The molecule has 0 unspecified atom stereocenters. The highest BCUT2D eigenvalue weighted by atomic mass is 35.5. The van der Waals surface area contributed by atoms with Crippen molar-refractivity contribution in [3.05, 3.63) is 28.1 Å². The average molecular weight is 256 g/mol. The van der Waals surface area contributed by atoms with Gasteiger partial charge in [-0.25, -0.2) is 9.50 Å². The summed E-state index contributed by atoms with van der Waals surface area (Å²) in [5.74, 6) is 0.569. The summed E-state index contributed by atoms with van der Waals surface area (Å²) in [5.41, 5.74) is 1.99. The van der Waals surface area contributed by atoms with Crippen molar-refractivity contribution in [3.63, 3.8) is 0 Å². The van der Waals surface area contributed by atoms with E-state index in [0.717, 1.165) is 5.65 Å². The number of hydrogen-bond acceptors (Lipinski definition) is 2. The molecule has 0 amide bonds. The van der Waals surface area contributed by atoms with Crippen LogP contribution in [-0.2, 0) is 0 Å². The summed E-state index contributed by atoms with van der Waals surface area (Å²) >= 11 is 12.0. The minimum atomic E-state index is 0.428. The number of aromatic nitrogens is 3. The molecule has 16 heavy (non-hydrogen) atoms. The second-order valence-corrected chi connectivity index (χ2v) is 4.99. The van der Waals surface area contributed by atoms with Gasteiger partial charge in [0.2, 0.25) is 0 Å². The summed E-state index contributed by atoms with van der Waals surface area (Å²) in [6.07, 6.45) is 6.88. The van der Waals surface area contributed by atoms with Crippen molar-refractivity contribution in [2.45, 2.75) is 31.6 Å². The van der Waals surface area contributed by atoms with Crippen LogP contribution >= 0.6 is 23.2 Å². The van der Waals surface area contributed by atoms with Crippen molar-refractivity contribution in [1.29, 1.82) is 0 Å². The highest BCUT2D eigenvalue weighted by Crippen LogP contribution is 2.36. The van der Waals surface area contributed by atoms with Gasteiger partial charge < -0.3 is 0 Å². The Morgan fingerprint density at radius 2 is 2.00 bits per heavy atom. The van der Waals surface area contributed by atoms with Crippen LogP contribution in [0.1, 0.15) is 37.2 Å². The topological polar surface area (TPSA) is 30.2 Å². The molecule has 84 valence electrons. The van der Waals surface area contributed by atoms with Gasteiger partial charge >= 0.3 is 0 Å². The van der Waals surface area contributed by atoms with Crippen LogP contribution in [0.2, 0.25) is 10.3 Å². The van der Waals surface area contributed by atoms with Crippen LogP contribution in [0.4, 0.5) is 0 Å². The Labute approximate surface area is 103 Å². The van der Waals surface area contributed by atoms with E-state index in [2.05, 4.69) is 10.1 Å². The smallest absolute Gasteiger partial charge is 0.161 e. The zero-order valence-electron chi connectivity index (χ0n) is 8.66. The third-order valence-corrected chi connectivity index (χ3v) is 3.68. The molecule has 0 aliphatic heterocycles. The maximum atomic E-state index is 6.06. The second-order valence-electron chi connectivity index (χ2n) is 4.22. The Kier molecular flexibility index (Phi) is 2.52. The molecule has 0 saturated heterocycles. The molecule has 1 saturated carbocycles. The van der Waals surface area contributed by atoms with Gasteiger partial charge in [-0.2, -0.15) is 5.10 Å². The highest BCUT2D eigenvalue weighted by Gasteiger charge is 2.22. The predicted molar refractivity (Wildman–Crippen MR) is 64.2 cm³/mol. The standard InChI is InChI=1S/C11H11Cl2N3/c12-9-5-10(13)16-11(15-9)8(6-14-16)7-3-1-2-4-7/h5-7H,1-4H2. The van der Waals surface area contributed by atoms with E-state index in [1.807, 2.05) is 6.20 Å². The average Bonchev–Trinajstić information content (AvgIpc) is 2.83. The van der Waals surface area contributed by atoms with Gasteiger partial charge in [0.1, 0.15) is 10.3 Å². The summed E-state index contributed by atoms with van der Waals surface area (Å²) in [5, 5.41) is 5.21. The number of rotatable bonds is 1. The largest absolute Gasteiger partial charge is 0.216 e. The minimum absolute atomic E-state index is 0.428. The van der Waals surface area contributed by atoms with Crippen LogP contribution in [0.5, 0.6) is 0 Å². The van der Waals surface area contributed by atoms with E-state index in [1.165, 1.54) is 31.2 Å². The Balaban J connectivity index is 2.18. The van der Waals surface area contributed by atoms with Crippen molar-refractivity contribution >= 4 is 28.8 Å². The molecule has 1 aliphatic carbocycles. The highest BCUT2D eigenvalue weighted by molar-refractivity contribution is 6.33. The third kappa shape index (κ3) is 1.59. The Morgan fingerprint density at radius 1 is 1.25 bits per heavy atom. The van der Waals surface area contributed by atoms with Crippen molar-refractivity contribution in [3.8, 4) is 0 Å². The van der Waals surface area contributed by atoms with E-state index < -0.39 is 0 Å². The predicted octanol–water partition coefficient (Wildman–Crippen LogP) is 3.69. The summed E-state index contributed by atoms with van der Waals surface area (Å²) in [7, 11) is 0. The lowest BCUT2D eigenvalue weighted by Gasteiger charge is -2.06. The van der Waals surface area contributed by atoms with Crippen molar-refractivity contribution in [1.82, 2.24) is 14.6 Å². The van der Waals surface area contributed by atoms with Gasteiger partial charge in [0.25, 0.3) is 0 Å². The lowest BCUT2D eigenvalue weighted by molar-refractivity contribution is 0.727. The lowest BCUT2D eigenvalue weighted by Crippen LogP contribution is -1.96. The second kappa shape index (κ2) is 3.90. The normalized spacial score (nSPS) is 17.4. The van der Waals surface area contributed by atoms with Gasteiger partial charge in [0.15, 0.2) is 5.65 Å². The molecule has 0 spiro atoms. The monoisotopic (exact) mass is 255 g/mol. The lowest BCUT2D eigenvalue weighted by atomic mass is 10.0. The van der Waals surface area contributed by atoms with Gasteiger partial charge in [-0.05, 0) is 18.8 Å². The maximum Gasteiger partial charge on any atom is 0.161 e. The fourth-order valence-electron chi connectivity index (χ4n) is 2.44. The molecule has 2 aromatic heterocycles. The molecular weight excluding hydrogens is 245 g/mol. The molecule has 0 bridgehead atoms. The fraction of sp³-hybridized carbons (Fsp3) is 0.455.